The molecule has 3 N–H and O–H groups in total. The van der Waals surface area contributed by atoms with Crippen LogP contribution in [0, 0.1) is 5.82 Å². The molecule has 0 spiro atoms. The fourth-order valence-corrected chi connectivity index (χ4v) is 2.36. The minimum Gasteiger partial charge on any atom is -0.366 e. The predicted molar refractivity (Wildman–Crippen MR) is 70.1 cm³/mol. The first-order valence-corrected chi connectivity index (χ1v) is 6.00. The third-order valence-electron chi connectivity index (χ3n) is 3.25. The Morgan fingerprint density at radius 2 is 2.10 bits per heavy atom. The average molecular weight is 273 g/mol. The van der Waals surface area contributed by atoms with Crippen LogP contribution in [0.2, 0.25) is 0 Å². The minimum atomic E-state index is -0.550. The molecule has 1 amide bonds. The van der Waals surface area contributed by atoms with Crippen LogP contribution < -0.4 is 11.1 Å². The van der Waals surface area contributed by atoms with Crippen LogP contribution in [0.15, 0.2) is 41.9 Å². The Labute approximate surface area is 114 Å². The van der Waals surface area contributed by atoms with Gasteiger partial charge in [-0.25, -0.2) is 9.07 Å². The summed E-state index contributed by atoms with van der Waals surface area (Å²) in [5.74, 6) is -0.380. The molecular weight excluding hydrogens is 261 g/mol. The third kappa shape index (κ3) is 1.83. The normalized spacial score (nSPS) is 17.6. The number of anilines is 1. The van der Waals surface area contributed by atoms with Crippen molar-refractivity contribution in [3.05, 3.63) is 53.2 Å². The lowest BCUT2D eigenvalue weighted by Gasteiger charge is -2.27. The van der Waals surface area contributed by atoms with E-state index in [2.05, 4.69) is 15.4 Å². The van der Waals surface area contributed by atoms with E-state index in [-0.39, 0.29) is 5.82 Å². The molecule has 7 heteroatoms. The van der Waals surface area contributed by atoms with Crippen LogP contribution in [0.25, 0.3) is 0 Å². The second-order valence-electron chi connectivity index (χ2n) is 4.51. The Kier molecular flexibility index (Phi) is 2.74. The number of nitrogens with one attached hydrogen (secondary N) is 1. The van der Waals surface area contributed by atoms with Crippen molar-refractivity contribution in [1.82, 2.24) is 14.8 Å². The molecule has 3 rings (SSSR count). The molecular formula is C13H12FN5O. The van der Waals surface area contributed by atoms with Gasteiger partial charge in [-0.05, 0) is 24.6 Å². The fourth-order valence-electron chi connectivity index (χ4n) is 2.36. The number of allylic oxidation sites excluding steroid dienone is 1. The summed E-state index contributed by atoms with van der Waals surface area (Å²) in [5, 5.41) is 7.09. The first kappa shape index (κ1) is 12.3. The van der Waals surface area contributed by atoms with Gasteiger partial charge >= 0.3 is 0 Å². The van der Waals surface area contributed by atoms with Gasteiger partial charge in [-0.2, -0.15) is 10.1 Å². The number of carbonyl (C=O) groups is 1. The van der Waals surface area contributed by atoms with Crippen molar-refractivity contribution in [3.63, 3.8) is 0 Å². The van der Waals surface area contributed by atoms with Gasteiger partial charge in [-0.3, -0.25) is 4.79 Å². The highest BCUT2D eigenvalue weighted by Crippen LogP contribution is 2.34. The van der Waals surface area contributed by atoms with Crippen LogP contribution in [0.5, 0.6) is 0 Å². The fraction of sp³-hybridized carbons (Fsp3) is 0.154. The Morgan fingerprint density at radius 1 is 1.40 bits per heavy atom. The molecule has 2 heterocycles. The molecule has 1 aliphatic rings. The maximum Gasteiger partial charge on any atom is 0.248 e. The Bertz CT molecular complexity index is 704. The molecule has 1 aliphatic heterocycles. The highest BCUT2D eigenvalue weighted by atomic mass is 19.1. The van der Waals surface area contributed by atoms with Crippen LogP contribution in [-0.4, -0.2) is 20.7 Å². The summed E-state index contributed by atoms with van der Waals surface area (Å²) in [5.41, 5.74) is 7.19. The molecule has 2 aromatic rings. The number of aromatic nitrogens is 3. The third-order valence-corrected chi connectivity index (χ3v) is 3.25. The number of amides is 1. The number of nitrogens with zero attached hydrogens (tertiary/aromatic N) is 3. The molecule has 0 radical (unpaired) electrons. The quantitative estimate of drug-likeness (QED) is 0.860. The van der Waals surface area contributed by atoms with Crippen molar-refractivity contribution in [2.24, 2.45) is 5.73 Å². The molecule has 1 atom stereocenters. The maximum atomic E-state index is 13.1. The van der Waals surface area contributed by atoms with Gasteiger partial charge < -0.3 is 11.1 Å². The van der Waals surface area contributed by atoms with Crippen molar-refractivity contribution < 1.29 is 9.18 Å². The number of fused-ring (bicyclic) bond motifs is 1. The zero-order valence-electron chi connectivity index (χ0n) is 10.7. The monoisotopic (exact) mass is 273 g/mol. The predicted octanol–water partition coefficient (Wildman–Crippen LogP) is 1.19. The van der Waals surface area contributed by atoms with Crippen molar-refractivity contribution in [2.45, 2.75) is 13.0 Å². The molecule has 1 aromatic heterocycles. The number of primary amides is 1. The van der Waals surface area contributed by atoms with Crippen LogP contribution in [-0.2, 0) is 4.79 Å². The average Bonchev–Trinajstić information content (AvgIpc) is 2.85. The first-order valence-electron chi connectivity index (χ1n) is 6.00. The lowest BCUT2D eigenvalue weighted by molar-refractivity contribution is -0.115. The molecule has 1 aromatic carbocycles. The summed E-state index contributed by atoms with van der Waals surface area (Å²) in [7, 11) is 0. The van der Waals surface area contributed by atoms with Crippen LogP contribution in [0.1, 0.15) is 18.5 Å². The molecule has 0 aliphatic carbocycles. The van der Waals surface area contributed by atoms with Crippen LogP contribution in [0.4, 0.5) is 10.3 Å². The first-order chi connectivity index (χ1) is 9.58. The summed E-state index contributed by atoms with van der Waals surface area (Å²) < 4.78 is 14.6. The zero-order valence-corrected chi connectivity index (χ0v) is 10.7. The zero-order chi connectivity index (χ0) is 14.3. The number of rotatable bonds is 2. The molecule has 0 bridgehead atoms. The van der Waals surface area contributed by atoms with E-state index in [1.807, 2.05) is 0 Å². The number of hydrogen-bond donors (Lipinski definition) is 2. The largest absolute Gasteiger partial charge is 0.366 e. The van der Waals surface area contributed by atoms with E-state index < -0.39 is 11.9 Å². The molecule has 102 valence electrons. The van der Waals surface area contributed by atoms with Crippen LogP contribution >= 0.6 is 0 Å². The number of hydrogen-bond acceptors (Lipinski definition) is 4. The summed E-state index contributed by atoms with van der Waals surface area (Å²) in [6.07, 6.45) is 1.38. The Morgan fingerprint density at radius 3 is 2.75 bits per heavy atom. The maximum absolute atomic E-state index is 13.1. The van der Waals surface area contributed by atoms with Gasteiger partial charge in [0.15, 0.2) is 0 Å². The second kappa shape index (κ2) is 4.44. The van der Waals surface area contributed by atoms with Crippen molar-refractivity contribution in [1.29, 1.82) is 0 Å². The lowest BCUT2D eigenvalue weighted by atomic mass is 9.95. The van der Waals surface area contributed by atoms with E-state index in [0.717, 1.165) is 0 Å². The van der Waals surface area contributed by atoms with Gasteiger partial charge in [0.05, 0.1) is 5.57 Å². The molecule has 1 unspecified atom stereocenters. The van der Waals surface area contributed by atoms with Gasteiger partial charge in [-0.1, -0.05) is 12.1 Å². The second-order valence-corrected chi connectivity index (χ2v) is 4.51. The highest BCUT2D eigenvalue weighted by Gasteiger charge is 2.31. The summed E-state index contributed by atoms with van der Waals surface area (Å²) >= 11 is 0. The van der Waals surface area contributed by atoms with Gasteiger partial charge in [-0.15, -0.1) is 0 Å². The van der Waals surface area contributed by atoms with Crippen molar-refractivity contribution in [3.8, 4) is 0 Å². The number of carbonyl (C=O) groups excluding carboxylic acids is 1. The Balaban J connectivity index is 2.19. The smallest absolute Gasteiger partial charge is 0.248 e. The van der Waals surface area contributed by atoms with Gasteiger partial charge in [0.25, 0.3) is 0 Å². The standard InChI is InChI=1S/C13H12FN5O/c1-7-10(12(15)20)11(8-2-4-9(14)5-3-8)19-13(18-7)16-6-17-19/h2-6,11H,1H3,(H2,15,20)(H,16,17,18). The molecule has 20 heavy (non-hydrogen) atoms. The van der Waals surface area contributed by atoms with E-state index in [0.29, 0.717) is 22.8 Å². The van der Waals surface area contributed by atoms with Crippen molar-refractivity contribution in [2.75, 3.05) is 5.32 Å². The molecule has 0 saturated carbocycles. The van der Waals surface area contributed by atoms with Gasteiger partial charge in [0, 0.05) is 5.70 Å². The lowest BCUT2D eigenvalue weighted by Crippen LogP contribution is -2.31. The van der Waals surface area contributed by atoms with E-state index in [4.69, 9.17) is 5.73 Å². The highest BCUT2D eigenvalue weighted by molar-refractivity contribution is 5.95. The number of nitrogens with two attached hydrogens (primary N) is 1. The van der Waals surface area contributed by atoms with Gasteiger partial charge in [0.2, 0.25) is 11.9 Å². The van der Waals surface area contributed by atoms with E-state index in [9.17, 15) is 9.18 Å². The van der Waals surface area contributed by atoms with Gasteiger partial charge in [0.1, 0.15) is 18.2 Å². The summed E-state index contributed by atoms with van der Waals surface area (Å²) in [4.78, 5) is 15.8. The Hall–Kier alpha value is -2.70. The summed E-state index contributed by atoms with van der Waals surface area (Å²) in [6.45, 7) is 1.74. The SMILES string of the molecule is CC1=C(C(N)=O)C(c2ccc(F)cc2)n2ncnc2N1. The van der Waals surface area contributed by atoms with Crippen molar-refractivity contribution >= 4 is 11.9 Å². The number of halogens is 1. The number of benzene rings is 1. The van der Waals surface area contributed by atoms with E-state index in [1.54, 1.807) is 23.7 Å². The van der Waals surface area contributed by atoms with E-state index >= 15 is 0 Å². The molecule has 0 fully saturated rings. The minimum absolute atomic E-state index is 0.345. The topological polar surface area (TPSA) is 85.8 Å². The summed E-state index contributed by atoms with van der Waals surface area (Å²) in [6, 6.07) is 5.37. The van der Waals surface area contributed by atoms with Crippen LogP contribution in [0.3, 0.4) is 0 Å². The van der Waals surface area contributed by atoms with E-state index in [1.165, 1.54) is 18.5 Å². The molecule has 6 nitrogen and oxygen atoms in total. The molecule has 0 saturated heterocycles.